The van der Waals surface area contributed by atoms with Crippen molar-refractivity contribution in [3.05, 3.63) is 29.0 Å². The molecule has 2 N–H and O–H groups in total. The van der Waals surface area contributed by atoms with E-state index in [1.165, 1.54) is 43.1 Å². The van der Waals surface area contributed by atoms with Gasteiger partial charge >= 0.3 is 0 Å². The number of hydrogen-bond acceptors (Lipinski definition) is 5. The lowest BCUT2D eigenvalue weighted by atomic mass is 9.43. The summed E-state index contributed by atoms with van der Waals surface area (Å²) < 4.78 is 21.3. The zero-order valence-corrected chi connectivity index (χ0v) is 23.1. The zero-order valence-electron chi connectivity index (χ0n) is 22.2. The molecular formula is C31H42FNO3S. The Bertz CT molecular complexity index is 1170. The number of rotatable bonds is 4. The molecule has 6 heteroatoms. The number of nitrogens with zero attached hydrogens (tertiary/aromatic N) is 1. The normalized spacial score (nSPS) is 46.9. The number of benzene rings is 1. The number of ether oxygens (including phenoxy) is 1. The van der Waals surface area contributed by atoms with Crippen molar-refractivity contribution in [3.8, 4) is 0 Å². The van der Waals surface area contributed by atoms with Crippen molar-refractivity contribution >= 4 is 21.6 Å². The quantitative estimate of drug-likeness (QED) is 0.485. The molecule has 37 heavy (non-hydrogen) atoms. The second kappa shape index (κ2) is 8.97. The SMILES string of the molecule is CO[C@H]1C[C@H]2[C@@H]([C@H](O)C[C@@H]3C[C@H](O)CC[C@@]32C)[C@@H]2CC[C@@H]3C(CCc4nc5cccc(F)c5s4)CC[C@@]132. The Hall–Kier alpha value is -1.08. The Balaban J connectivity index is 1.14. The van der Waals surface area contributed by atoms with Gasteiger partial charge in [0.25, 0.3) is 0 Å². The molecule has 5 saturated carbocycles. The van der Waals surface area contributed by atoms with Crippen LogP contribution in [0.1, 0.15) is 76.1 Å². The number of halogens is 1. The van der Waals surface area contributed by atoms with E-state index in [0.717, 1.165) is 55.5 Å². The molecule has 202 valence electrons. The van der Waals surface area contributed by atoms with E-state index in [1.54, 1.807) is 6.07 Å². The first-order valence-electron chi connectivity index (χ1n) is 14.8. The van der Waals surface area contributed by atoms with Crippen molar-refractivity contribution in [2.75, 3.05) is 7.11 Å². The summed E-state index contributed by atoms with van der Waals surface area (Å²) in [7, 11) is 1.93. The summed E-state index contributed by atoms with van der Waals surface area (Å²) in [5.41, 5.74) is 1.19. The number of aromatic nitrogens is 1. The van der Waals surface area contributed by atoms with E-state index in [-0.39, 0.29) is 35.0 Å². The average Bonchev–Trinajstić information content (AvgIpc) is 3.56. The van der Waals surface area contributed by atoms with Gasteiger partial charge in [-0.15, -0.1) is 11.3 Å². The van der Waals surface area contributed by atoms with Gasteiger partial charge in [0, 0.05) is 12.5 Å². The minimum absolute atomic E-state index is 0.158. The summed E-state index contributed by atoms with van der Waals surface area (Å²) in [5.74, 6) is 2.98. The fraction of sp³-hybridized carbons (Fsp3) is 0.774. The first-order valence-corrected chi connectivity index (χ1v) is 15.6. The molecule has 0 amide bonds. The van der Waals surface area contributed by atoms with E-state index >= 15 is 0 Å². The summed E-state index contributed by atoms with van der Waals surface area (Å²) in [6.45, 7) is 2.47. The number of aryl methyl sites for hydroxylation is 1. The van der Waals surface area contributed by atoms with Crippen LogP contribution in [0.5, 0.6) is 0 Å². The van der Waals surface area contributed by atoms with Crippen LogP contribution in [0.15, 0.2) is 18.2 Å². The maximum absolute atomic E-state index is 14.2. The summed E-state index contributed by atoms with van der Waals surface area (Å²) in [6, 6.07) is 5.20. The van der Waals surface area contributed by atoms with Crippen LogP contribution >= 0.6 is 11.3 Å². The Morgan fingerprint density at radius 3 is 2.70 bits per heavy atom. The van der Waals surface area contributed by atoms with Crippen LogP contribution in [0.2, 0.25) is 0 Å². The van der Waals surface area contributed by atoms with Gasteiger partial charge in [-0.3, -0.25) is 0 Å². The molecule has 5 aliphatic rings. The Morgan fingerprint density at radius 1 is 1.05 bits per heavy atom. The van der Waals surface area contributed by atoms with Crippen LogP contribution in [0.25, 0.3) is 10.2 Å². The van der Waals surface area contributed by atoms with E-state index in [1.807, 2.05) is 13.2 Å². The highest BCUT2D eigenvalue weighted by Crippen LogP contribution is 2.72. The highest BCUT2D eigenvalue weighted by atomic mass is 32.1. The van der Waals surface area contributed by atoms with Gasteiger partial charge in [0.2, 0.25) is 0 Å². The van der Waals surface area contributed by atoms with Crippen LogP contribution in [0, 0.1) is 52.2 Å². The highest BCUT2D eigenvalue weighted by Gasteiger charge is 2.69. The average molecular weight is 528 g/mol. The molecule has 1 unspecified atom stereocenters. The second-order valence-electron chi connectivity index (χ2n) is 13.5. The molecule has 0 aliphatic heterocycles. The molecule has 1 heterocycles. The molecule has 5 fully saturated rings. The van der Waals surface area contributed by atoms with Gasteiger partial charge in [-0.25, -0.2) is 9.37 Å². The lowest BCUT2D eigenvalue weighted by molar-refractivity contribution is -0.211. The highest BCUT2D eigenvalue weighted by molar-refractivity contribution is 7.18. The summed E-state index contributed by atoms with van der Waals surface area (Å²) in [4.78, 5) is 4.75. The Kier molecular flexibility index (Phi) is 6.04. The van der Waals surface area contributed by atoms with Crippen LogP contribution < -0.4 is 0 Å². The van der Waals surface area contributed by atoms with E-state index in [9.17, 15) is 14.6 Å². The van der Waals surface area contributed by atoms with Crippen LogP contribution in [0.4, 0.5) is 4.39 Å². The monoisotopic (exact) mass is 527 g/mol. The molecule has 11 atom stereocenters. The lowest BCUT2D eigenvalue weighted by Gasteiger charge is -2.64. The van der Waals surface area contributed by atoms with Crippen LogP contribution in [-0.2, 0) is 11.2 Å². The van der Waals surface area contributed by atoms with Crippen molar-refractivity contribution in [1.82, 2.24) is 4.98 Å². The topological polar surface area (TPSA) is 62.6 Å². The summed E-state index contributed by atoms with van der Waals surface area (Å²) in [5, 5.41) is 23.1. The number of hydrogen-bond donors (Lipinski definition) is 2. The third-order valence-electron chi connectivity index (χ3n) is 12.4. The number of aliphatic hydroxyl groups excluding tert-OH is 2. The molecule has 1 aromatic carbocycles. The third kappa shape index (κ3) is 3.57. The van der Waals surface area contributed by atoms with Crippen molar-refractivity contribution in [2.24, 2.45) is 46.3 Å². The molecule has 1 spiro atoms. The molecule has 5 aliphatic carbocycles. The van der Waals surface area contributed by atoms with Gasteiger partial charge in [0.15, 0.2) is 0 Å². The van der Waals surface area contributed by atoms with Gasteiger partial charge < -0.3 is 14.9 Å². The minimum Gasteiger partial charge on any atom is -0.393 e. The largest absolute Gasteiger partial charge is 0.393 e. The van der Waals surface area contributed by atoms with Gasteiger partial charge in [-0.2, -0.15) is 0 Å². The lowest BCUT2D eigenvalue weighted by Crippen LogP contribution is -2.62. The maximum Gasteiger partial charge on any atom is 0.142 e. The third-order valence-corrected chi connectivity index (χ3v) is 13.6. The minimum atomic E-state index is -0.247. The summed E-state index contributed by atoms with van der Waals surface area (Å²) >= 11 is 1.52. The fourth-order valence-corrected chi connectivity index (χ4v) is 11.9. The van der Waals surface area contributed by atoms with Crippen LogP contribution in [-0.4, -0.2) is 40.6 Å². The Labute approximate surface area is 224 Å². The molecule has 4 nitrogen and oxygen atoms in total. The predicted octanol–water partition coefficient (Wildman–Crippen LogP) is 6.37. The number of fused-ring (bicyclic) bond motifs is 5. The first-order chi connectivity index (χ1) is 17.8. The van der Waals surface area contributed by atoms with E-state index in [2.05, 4.69) is 6.92 Å². The second-order valence-corrected chi connectivity index (χ2v) is 14.6. The van der Waals surface area contributed by atoms with Crippen molar-refractivity contribution in [2.45, 2.75) is 95.9 Å². The number of methoxy groups -OCH3 is 1. The molecule has 0 bridgehead atoms. The number of aliphatic hydroxyl groups is 2. The van der Waals surface area contributed by atoms with Crippen LogP contribution in [0.3, 0.4) is 0 Å². The molecule has 0 saturated heterocycles. The fourth-order valence-electron chi connectivity index (χ4n) is 10.9. The molecule has 2 aromatic rings. The van der Waals surface area contributed by atoms with Gasteiger partial charge in [-0.1, -0.05) is 13.0 Å². The van der Waals surface area contributed by atoms with Crippen molar-refractivity contribution < 1.29 is 19.3 Å². The van der Waals surface area contributed by atoms with Crippen molar-refractivity contribution in [1.29, 1.82) is 0 Å². The van der Waals surface area contributed by atoms with E-state index in [0.29, 0.717) is 40.2 Å². The Morgan fingerprint density at radius 2 is 1.89 bits per heavy atom. The molecule has 0 radical (unpaired) electrons. The van der Waals surface area contributed by atoms with Gasteiger partial charge in [-0.05, 0) is 124 Å². The zero-order chi connectivity index (χ0) is 25.5. The molecule has 1 aromatic heterocycles. The van der Waals surface area contributed by atoms with Gasteiger partial charge in [0.05, 0.1) is 33.5 Å². The van der Waals surface area contributed by atoms with E-state index in [4.69, 9.17) is 9.72 Å². The molecular weight excluding hydrogens is 485 g/mol. The standard InChI is InChI=1S/C31H42FNO3S/c1-30-12-11-19(34)14-18(30)15-25(35)28-21-8-7-20-17(10-13-31(20,21)26(36-2)16-22(28)30)6-9-27-33-24-5-3-4-23(32)29(24)37-27/h3-5,17-22,25-26,28,34-35H,6-16H2,1-2H3/t17?,18-,19+,20+,21-,22-,25+,26-,28-,30-,31+/m0/s1. The maximum atomic E-state index is 14.2. The van der Waals surface area contributed by atoms with E-state index < -0.39 is 0 Å². The summed E-state index contributed by atoms with van der Waals surface area (Å²) in [6.07, 6.45) is 11.5. The molecule has 7 rings (SSSR count). The smallest absolute Gasteiger partial charge is 0.142 e. The number of thiazole rings is 1. The van der Waals surface area contributed by atoms with Gasteiger partial charge in [0.1, 0.15) is 5.82 Å². The van der Waals surface area contributed by atoms with Crippen molar-refractivity contribution in [3.63, 3.8) is 0 Å². The predicted molar refractivity (Wildman–Crippen MR) is 144 cm³/mol. The first kappa shape index (κ1) is 24.9.